The molecule has 152 valence electrons. The Morgan fingerprint density at radius 3 is 2.38 bits per heavy atom. The number of aliphatic carboxylic acids is 1. The topological polar surface area (TPSA) is 77.8 Å². The maximum absolute atomic E-state index is 13.2. The first-order chi connectivity index (χ1) is 13.9. The van der Waals surface area contributed by atoms with Gasteiger partial charge in [-0.05, 0) is 49.1 Å². The third-order valence-corrected chi connectivity index (χ3v) is 5.62. The van der Waals surface area contributed by atoms with Crippen molar-refractivity contribution in [1.82, 2.24) is 4.90 Å². The zero-order valence-electron chi connectivity index (χ0n) is 16.1. The number of hydrogen-bond acceptors (Lipinski definition) is 4. The molecule has 2 aromatic rings. The Morgan fingerprint density at radius 1 is 1.03 bits per heavy atom. The Kier molecular flexibility index (Phi) is 6.72. The maximum Gasteiger partial charge on any atom is 0.371 e. The number of benzene rings is 2. The molecule has 3 rings (SSSR count). The van der Waals surface area contributed by atoms with E-state index in [-0.39, 0.29) is 5.78 Å². The fourth-order valence-corrected chi connectivity index (χ4v) is 4.09. The molecule has 1 unspecified atom stereocenters. The zero-order valence-corrected chi connectivity index (χ0v) is 16.8. The summed E-state index contributed by atoms with van der Waals surface area (Å²) in [6.07, 6.45) is 2.76. The number of aliphatic hydroxyl groups is 1. The second-order valence-electron chi connectivity index (χ2n) is 7.58. The molecule has 1 heterocycles. The van der Waals surface area contributed by atoms with Gasteiger partial charge in [0.1, 0.15) is 0 Å². The molecule has 5 nitrogen and oxygen atoms in total. The van der Waals surface area contributed by atoms with Crippen molar-refractivity contribution < 1.29 is 19.8 Å². The second-order valence-corrected chi connectivity index (χ2v) is 8.02. The predicted molar refractivity (Wildman–Crippen MR) is 112 cm³/mol. The Bertz CT molecular complexity index is 895. The van der Waals surface area contributed by atoms with Crippen LogP contribution in [0.1, 0.15) is 24.0 Å². The number of carbonyl (C=O) groups excluding carboxylic acids is 1. The number of piperidine rings is 1. The second kappa shape index (κ2) is 9.25. The van der Waals surface area contributed by atoms with Crippen LogP contribution >= 0.6 is 11.6 Å². The number of carbonyl (C=O) groups is 2. The Morgan fingerprint density at radius 2 is 1.72 bits per heavy atom. The van der Waals surface area contributed by atoms with Gasteiger partial charge in [-0.2, -0.15) is 0 Å². The Hall–Kier alpha value is -2.63. The fourth-order valence-electron chi connectivity index (χ4n) is 3.97. The van der Waals surface area contributed by atoms with Gasteiger partial charge in [0.2, 0.25) is 5.76 Å². The third kappa shape index (κ3) is 5.46. The quantitative estimate of drug-likeness (QED) is 0.523. The third-order valence-electron chi connectivity index (χ3n) is 5.37. The van der Waals surface area contributed by atoms with Gasteiger partial charge in [0.05, 0.1) is 0 Å². The summed E-state index contributed by atoms with van der Waals surface area (Å²) in [5.74, 6) is -2.78. The minimum atomic E-state index is -1.50. The summed E-state index contributed by atoms with van der Waals surface area (Å²) in [5.41, 5.74) is 1.31. The number of allylic oxidation sites excluding steroid dienone is 1. The van der Waals surface area contributed by atoms with Gasteiger partial charge in [0, 0.05) is 29.6 Å². The fraction of sp³-hybridized carbons (Fsp3) is 0.304. The highest BCUT2D eigenvalue weighted by Gasteiger charge is 2.41. The van der Waals surface area contributed by atoms with Crippen LogP contribution in [0.25, 0.3) is 0 Å². The number of carboxylic acids is 1. The van der Waals surface area contributed by atoms with E-state index in [1.807, 2.05) is 42.5 Å². The first-order valence-corrected chi connectivity index (χ1v) is 9.95. The SMILES string of the molecule is O=C(O)/C(O)=C/C(=O)C1(Cc2ccc(Cl)cc2)CCCN(Cc2ccccc2)C1. The van der Waals surface area contributed by atoms with Crippen molar-refractivity contribution in [3.63, 3.8) is 0 Å². The van der Waals surface area contributed by atoms with Crippen LogP contribution in [-0.4, -0.2) is 40.0 Å². The summed E-state index contributed by atoms with van der Waals surface area (Å²) < 4.78 is 0. The molecule has 6 heteroatoms. The van der Waals surface area contributed by atoms with Gasteiger partial charge in [-0.1, -0.05) is 54.1 Å². The highest BCUT2D eigenvalue weighted by Crippen LogP contribution is 2.36. The molecule has 1 aliphatic heterocycles. The summed E-state index contributed by atoms with van der Waals surface area (Å²) in [4.78, 5) is 26.4. The molecule has 1 atom stereocenters. The summed E-state index contributed by atoms with van der Waals surface area (Å²) >= 11 is 5.99. The minimum absolute atomic E-state index is 0.356. The van der Waals surface area contributed by atoms with Crippen molar-refractivity contribution in [2.45, 2.75) is 25.8 Å². The first kappa shape index (κ1) is 21.1. The van der Waals surface area contributed by atoms with Gasteiger partial charge in [0.15, 0.2) is 5.78 Å². The number of carboxylic acid groups (broad SMARTS) is 1. The van der Waals surface area contributed by atoms with Crippen molar-refractivity contribution in [2.24, 2.45) is 5.41 Å². The van der Waals surface area contributed by atoms with Crippen molar-refractivity contribution in [3.8, 4) is 0 Å². The lowest BCUT2D eigenvalue weighted by molar-refractivity contribution is -0.136. The lowest BCUT2D eigenvalue weighted by Gasteiger charge is -2.41. The molecule has 2 N–H and O–H groups in total. The number of hydrogen-bond donors (Lipinski definition) is 2. The van der Waals surface area contributed by atoms with Crippen LogP contribution in [-0.2, 0) is 22.6 Å². The van der Waals surface area contributed by atoms with Crippen LogP contribution in [0.4, 0.5) is 0 Å². The van der Waals surface area contributed by atoms with Crippen LogP contribution in [0.5, 0.6) is 0 Å². The van der Waals surface area contributed by atoms with Gasteiger partial charge >= 0.3 is 5.97 Å². The van der Waals surface area contributed by atoms with Crippen molar-refractivity contribution in [2.75, 3.05) is 13.1 Å². The summed E-state index contributed by atoms with van der Waals surface area (Å²) in [6, 6.07) is 17.4. The molecular formula is C23H24ClNO4. The maximum atomic E-state index is 13.2. The number of ketones is 1. The molecule has 2 aromatic carbocycles. The average molecular weight is 414 g/mol. The van der Waals surface area contributed by atoms with Crippen LogP contribution in [0.2, 0.25) is 5.02 Å². The van der Waals surface area contributed by atoms with E-state index in [0.717, 1.165) is 30.2 Å². The van der Waals surface area contributed by atoms with E-state index < -0.39 is 17.1 Å². The summed E-state index contributed by atoms with van der Waals surface area (Å²) in [6.45, 7) is 2.07. The van der Waals surface area contributed by atoms with E-state index in [0.29, 0.717) is 31.0 Å². The van der Waals surface area contributed by atoms with Crippen LogP contribution in [0, 0.1) is 5.41 Å². The number of rotatable bonds is 7. The number of aliphatic hydroxyl groups excluding tert-OH is 1. The molecular weight excluding hydrogens is 390 g/mol. The number of likely N-dealkylation sites (tertiary alicyclic amines) is 1. The molecule has 0 saturated carbocycles. The first-order valence-electron chi connectivity index (χ1n) is 9.57. The molecule has 1 saturated heterocycles. The molecule has 1 fully saturated rings. The van der Waals surface area contributed by atoms with Crippen LogP contribution in [0.3, 0.4) is 0 Å². The largest absolute Gasteiger partial charge is 0.502 e. The number of halogens is 1. The smallest absolute Gasteiger partial charge is 0.371 e. The van der Waals surface area contributed by atoms with E-state index in [4.69, 9.17) is 16.7 Å². The monoisotopic (exact) mass is 413 g/mol. The normalized spacial score (nSPS) is 20.4. The molecule has 0 bridgehead atoms. The van der Waals surface area contributed by atoms with E-state index in [2.05, 4.69) is 4.90 Å². The van der Waals surface area contributed by atoms with Gasteiger partial charge < -0.3 is 10.2 Å². The van der Waals surface area contributed by atoms with E-state index >= 15 is 0 Å². The molecule has 0 aliphatic carbocycles. The Balaban J connectivity index is 1.88. The van der Waals surface area contributed by atoms with Crippen molar-refractivity contribution in [3.05, 3.63) is 82.6 Å². The van der Waals surface area contributed by atoms with Crippen LogP contribution in [0.15, 0.2) is 66.4 Å². The standard InChI is InChI=1S/C23H24ClNO4/c24-19-9-7-17(8-10-19)14-23(21(27)13-20(26)22(28)29)11-4-12-25(16-23)15-18-5-2-1-3-6-18/h1-3,5-10,13,26H,4,11-12,14-16H2,(H,28,29)/b20-13-. The molecule has 0 radical (unpaired) electrons. The molecule has 0 amide bonds. The molecule has 29 heavy (non-hydrogen) atoms. The molecule has 1 aliphatic rings. The zero-order chi connectivity index (χ0) is 20.9. The van der Waals surface area contributed by atoms with Gasteiger partial charge in [-0.3, -0.25) is 9.69 Å². The van der Waals surface area contributed by atoms with E-state index in [1.165, 1.54) is 0 Å². The average Bonchev–Trinajstić information content (AvgIpc) is 2.70. The van der Waals surface area contributed by atoms with Gasteiger partial charge in [-0.25, -0.2) is 4.79 Å². The summed E-state index contributed by atoms with van der Waals surface area (Å²) in [5, 5.41) is 19.3. The predicted octanol–water partition coefficient (Wildman–Crippen LogP) is 4.26. The lowest BCUT2D eigenvalue weighted by Crippen LogP contribution is -2.48. The van der Waals surface area contributed by atoms with E-state index in [1.54, 1.807) is 12.1 Å². The van der Waals surface area contributed by atoms with Crippen molar-refractivity contribution in [1.29, 1.82) is 0 Å². The van der Waals surface area contributed by atoms with Crippen LogP contribution < -0.4 is 0 Å². The van der Waals surface area contributed by atoms with Crippen molar-refractivity contribution >= 4 is 23.4 Å². The highest BCUT2D eigenvalue weighted by atomic mass is 35.5. The van der Waals surface area contributed by atoms with E-state index in [9.17, 15) is 14.7 Å². The lowest BCUT2D eigenvalue weighted by atomic mass is 9.71. The molecule has 0 aromatic heterocycles. The Labute approximate surface area is 175 Å². The molecule has 0 spiro atoms. The minimum Gasteiger partial charge on any atom is -0.502 e. The van der Waals surface area contributed by atoms with Gasteiger partial charge in [-0.15, -0.1) is 0 Å². The van der Waals surface area contributed by atoms with Gasteiger partial charge in [0.25, 0.3) is 0 Å². The number of nitrogens with zero attached hydrogens (tertiary/aromatic N) is 1. The highest BCUT2D eigenvalue weighted by molar-refractivity contribution is 6.30. The summed E-state index contributed by atoms with van der Waals surface area (Å²) in [7, 11) is 0.